The van der Waals surface area contributed by atoms with Crippen LogP contribution in [0, 0.1) is 5.92 Å². The summed E-state index contributed by atoms with van der Waals surface area (Å²) in [4.78, 5) is 12.0. The molecule has 0 spiro atoms. The van der Waals surface area contributed by atoms with Gasteiger partial charge in [0.1, 0.15) is 13.2 Å². The summed E-state index contributed by atoms with van der Waals surface area (Å²) in [5.74, 6) is 1.18. The summed E-state index contributed by atoms with van der Waals surface area (Å²) in [6, 6.07) is 3.44. The van der Waals surface area contributed by atoms with Gasteiger partial charge in [-0.05, 0) is 36.5 Å². The van der Waals surface area contributed by atoms with Crippen molar-refractivity contribution < 1.29 is 19.4 Å². The Kier molecular flexibility index (Phi) is 5.48. The van der Waals surface area contributed by atoms with Gasteiger partial charge >= 0.3 is 0 Å². The van der Waals surface area contributed by atoms with E-state index in [2.05, 4.69) is 5.32 Å². The van der Waals surface area contributed by atoms with Crippen molar-refractivity contribution >= 4 is 17.5 Å². The molecule has 0 aromatic heterocycles. The van der Waals surface area contributed by atoms with Crippen molar-refractivity contribution in [2.45, 2.75) is 37.8 Å². The Labute approximate surface area is 146 Å². The average molecular weight is 355 g/mol. The number of fused-ring (bicyclic) bond motifs is 1. The Morgan fingerprint density at radius 3 is 2.92 bits per heavy atom. The maximum absolute atomic E-state index is 12.0. The fourth-order valence-electron chi connectivity index (χ4n) is 3.28. The fraction of sp³-hybridized carbons (Fsp3) is 0.588. The molecular formula is C17H23ClN2O4. The van der Waals surface area contributed by atoms with Crippen molar-refractivity contribution in [3.8, 4) is 11.5 Å². The highest BCUT2D eigenvalue weighted by atomic mass is 35.5. The number of carbonyl (C=O) groups excluding carboxylic acids is 1. The molecule has 1 aromatic rings. The second kappa shape index (κ2) is 7.59. The second-order valence-electron chi connectivity index (χ2n) is 6.41. The first-order valence-corrected chi connectivity index (χ1v) is 8.72. The molecule has 1 heterocycles. The molecule has 1 aromatic carbocycles. The minimum absolute atomic E-state index is 0.0833. The number of hydrogen-bond acceptors (Lipinski definition) is 5. The number of hydrogen-bond donors (Lipinski definition) is 3. The normalized spacial score (nSPS) is 23.8. The summed E-state index contributed by atoms with van der Waals surface area (Å²) in [5.41, 5.74) is 6.57. The molecule has 1 saturated carbocycles. The first-order chi connectivity index (χ1) is 11.5. The minimum Gasteiger partial charge on any atom is -0.486 e. The third-order valence-electron chi connectivity index (χ3n) is 4.66. The molecule has 0 saturated heterocycles. The molecule has 2 aliphatic rings. The van der Waals surface area contributed by atoms with Crippen molar-refractivity contribution in [1.29, 1.82) is 0 Å². The van der Waals surface area contributed by atoms with E-state index in [9.17, 15) is 9.90 Å². The topological polar surface area (TPSA) is 93.8 Å². The summed E-state index contributed by atoms with van der Waals surface area (Å²) in [6.45, 7) is 1.02. The number of rotatable bonds is 5. The molecule has 3 atom stereocenters. The van der Waals surface area contributed by atoms with Gasteiger partial charge in [-0.15, -0.1) is 0 Å². The molecule has 0 bridgehead atoms. The molecule has 1 aliphatic heterocycles. The number of aliphatic hydroxyl groups is 1. The van der Waals surface area contributed by atoms with Crippen LogP contribution in [0.4, 0.5) is 0 Å². The van der Waals surface area contributed by atoms with Crippen LogP contribution in [0.1, 0.15) is 37.4 Å². The molecule has 24 heavy (non-hydrogen) atoms. The number of amides is 1. The van der Waals surface area contributed by atoms with Crippen LogP contribution in [0.25, 0.3) is 0 Å². The zero-order valence-electron chi connectivity index (χ0n) is 13.5. The predicted molar refractivity (Wildman–Crippen MR) is 90.3 cm³/mol. The van der Waals surface area contributed by atoms with Crippen molar-refractivity contribution in [3.63, 3.8) is 0 Å². The molecule has 3 rings (SSSR count). The number of nitrogens with one attached hydrogen (secondary N) is 1. The van der Waals surface area contributed by atoms with E-state index in [0.29, 0.717) is 41.7 Å². The third-order valence-corrected chi connectivity index (χ3v) is 4.94. The van der Waals surface area contributed by atoms with Crippen LogP contribution in [0.15, 0.2) is 12.1 Å². The Hall–Kier alpha value is -1.50. The lowest BCUT2D eigenvalue weighted by Crippen LogP contribution is -2.33. The van der Waals surface area contributed by atoms with Gasteiger partial charge in [0.15, 0.2) is 11.5 Å². The van der Waals surface area contributed by atoms with E-state index in [1.54, 1.807) is 12.1 Å². The number of ether oxygens (including phenoxy) is 2. The Bertz CT molecular complexity index is 610. The van der Waals surface area contributed by atoms with E-state index in [0.717, 1.165) is 19.3 Å². The molecule has 4 N–H and O–H groups in total. The van der Waals surface area contributed by atoms with Crippen LogP contribution in [-0.4, -0.2) is 36.8 Å². The molecule has 6 nitrogen and oxygen atoms in total. The minimum atomic E-state index is -0.862. The number of benzene rings is 1. The molecule has 132 valence electrons. The SMILES string of the molecule is N[C@@H]1CCC[C@H]1CC(=O)NCC(O)c1cc(Cl)c2c(c1)OCCO2. The second-order valence-corrected chi connectivity index (χ2v) is 6.81. The van der Waals surface area contributed by atoms with Crippen LogP contribution in [0.2, 0.25) is 5.02 Å². The maximum Gasteiger partial charge on any atom is 0.220 e. The van der Waals surface area contributed by atoms with Gasteiger partial charge in [0, 0.05) is 19.0 Å². The van der Waals surface area contributed by atoms with Gasteiger partial charge in [-0.2, -0.15) is 0 Å². The maximum atomic E-state index is 12.0. The molecule has 1 aliphatic carbocycles. The Morgan fingerprint density at radius 2 is 2.17 bits per heavy atom. The van der Waals surface area contributed by atoms with E-state index in [4.69, 9.17) is 26.8 Å². The highest BCUT2D eigenvalue weighted by molar-refractivity contribution is 6.32. The van der Waals surface area contributed by atoms with E-state index >= 15 is 0 Å². The van der Waals surface area contributed by atoms with Crippen molar-refractivity contribution in [1.82, 2.24) is 5.32 Å². The van der Waals surface area contributed by atoms with E-state index in [-0.39, 0.29) is 24.4 Å². The van der Waals surface area contributed by atoms with Gasteiger partial charge in [-0.1, -0.05) is 18.0 Å². The lowest BCUT2D eigenvalue weighted by molar-refractivity contribution is -0.122. The summed E-state index contributed by atoms with van der Waals surface area (Å²) in [6.07, 6.45) is 2.61. The largest absolute Gasteiger partial charge is 0.486 e. The smallest absolute Gasteiger partial charge is 0.220 e. The molecule has 1 fully saturated rings. The summed E-state index contributed by atoms with van der Waals surface area (Å²) < 4.78 is 11.0. The zero-order valence-corrected chi connectivity index (χ0v) is 14.2. The van der Waals surface area contributed by atoms with Crippen molar-refractivity contribution in [3.05, 3.63) is 22.7 Å². The van der Waals surface area contributed by atoms with Crippen LogP contribution in [0.3, 0.4) is 0 Å². The lowest BCUT2D eigenvalue weighted by Gasteiger charge is -2.22. The number of aliphatic hydroxyl groups excluding tert-OH is 1. The van der Waals surface area contributed by atoms with Gasteiger partial charge in [-0.25, -0.2) is 0 Å². The van der Waals surface area contributed by atoms with Crippen LogP contribution < -0.4 is 20.5 Å². The van der Waals surface area contributed by atoms with E-state index < -0.39 is 6.10 Å². The molecule has 7 heteroatoms. The predicted octanol–water partition coefficient (Wildman–Crippen LogP) is 1.78. The summed E-state index contributed by atoms with van der Waals surface area (Å²) in [7, 11) is 0. The molecule has 0 radical (unpaired) electrons. The lowest BCUT2D eigenvalue weighted by atomic mass is 10.00. The van der Waals surface area contributed by atoms with Gasteiger partial charge in [0.05, 0.1) is 11.1 Å². The van der Waals surface area contributed by atoms with Crippen molar-refractivity contribution in [2.75, 3.05) is 19.8 Å². The summed E-state index contributed by atoms with van der Waals surface area (Å²) in [5, 5.41) is 13.5. The number of carbonyl (C=O) groups is 1. The average Bonchev–Trinajstić information content (AvgIpc) is 2.97. The first-order valence-electron chi connectivity index (χ1n) is 8.34. The quantitative estimate of drug-likeness (QED) is 0.749. The number of halogens is 1. The van der Waals surface area contributed by atoms with Crippen molar-refractivity contribution in [2.24, 2.45) is 11.7 Å². The Morgan fingerprint density at radius 1 is 1.38 bits per heavy atom. The standard InChI is InChI=1S/C17H23ClN2O4/c18-12-6-11(7-15-17(12)24-5-4-23-15)14(21)9-20-16(22)8-10-2-1-3-13(10)19/h6-7,10,13-14,21H,1-5,8-9,19H2,(H,20,22)/t10-,13+,14?/m0/s1. The molecule has 1 unspecified atom stereocenters. The van der Waals surface area contributed by atoms with Gasteiger partial charge in [0.25, 0.3) is 0 Å². The summed E-state index contributed by atoms with van der Waals surface area (Å²) >= 11 is 6.17. The van der Waals surface area contributed by atoms with Gasteiger partial charge < -0.3 is 25.6 Å². The van der Waals surface area contributed by atoms with Gasteiger partial charge in [0.2, 0.25) is 5.91 Å². The van der Waals surface area contributed by atoms with E-state index in [1.807, 2.05) is 0 Å². The van der Waals surface area contributed by atoms with Crippen LogP contribution >= 0.6 is 11.6 Å². The van der Waals surface area contributed by atoms with E-state index in [1.165, 1.54) is 0 Å². The van der Waals surface area contributed by atoms with Crippen LogP contribution in [-0.2, 0) is 4.79 Å². The highest BCUT2D eigenvalue weighted by Crippen LogP contribution is 2.39. The molecular weight excluding hydrogens is 332 g/mol. The van der Waals surface area contributed by atoms with Gasteiger partial charge in [-0.3, -0.25) is 4.79 Å². The Balaban J connectivity index is 1.56. The van der Waals surface area contributed by atoms with Crippen LogP contribution in [0.5, 0.6) is 11.5 Å². The first kappa shape index (κ1) is 17.3. The monoisotopic (exact) mass is 354 g/mol. The number of nitrogens with two attached hydrogens (primary N) is 1. The molecule has 1 amide bonds. The zero-order chi connectivity index (χ0) is 17.1. The highest BCUT2D eigenvalue weighted by Gasteiger charge is 2.26. The third kappa shape index (κ3) is 3.94. The fourth-order valence-corrected chi connectivity index (χ4v) is 3.55.